The zero-order valence-corrected chi connectivity index (χ0v) is 13.2. The Balaban J connectivity index is 2.31. The van der Waals surface area contributed by atoms with Crippen LogP contribution in [0.25, 0.3) is 0 Å². The second-order valence-electron chi connectivity index (χ2n) is 6.57. The molecule has 0 spiro atoms. The summed E-state index contributed by atoms with van der Waals surface area (Å²) in [6.45, 7) is 12.0. The van der Waals surface area contributed by atoms with Crippen LogP contribution in [0.2, 0.25) is 0 Å². The minimum absolute atomic E-state index is 0.361. The van der Waals surface area contributed by atoms with E-state index in [0.29, 0.717) is 6.04 Å². The maximum atomic E-state index is 9.34. The minimum atomic E-state index is -0.381. The van der Waals surface area contributed by atoms with Crippen molar-refractivity contribution in [3.63, 3.8) is 0 Å². The van der Waals surface area contributed by atoms with Crippen molar-refractivity contribution in [3.05, 3.63) is 0 Å². The van der Waals surface area contributed by atoms with Crippen molar-refractivity contribution in [1.29, 1.82) is 5.26 Å². The van der Waals surface area contributed by atoms with Gasteiger partial charge in [0, 0.05) is 12.6 Å². The van der Waals surface area contributed by atoms with Gasteiger partial charge in [0.1, 0.15) is 5.54 Å². The number of hydrogen-bond acceptors (Lipinski definition) is 3. The van der Waals surface area contributed by atoms with E-state index in [1.54, 1.807) is 0 Å². The molecule has 1 N–H and O–H groups in total. The predicted molar refractivity (Wildman–Crippen MR) is 81.0 cm³/mol. The Bertz CT molecular complexity index is 287. The molecule has 3 heteroatoms. The summed E-state index contributed by atoms with van der Waals surface area (Å²) in [5.74, 6) is 0.942. The maximum absolute atomic E-state index is 9.34. The van der Waals surface area contributed by atoms with Crippen molar-refractivity contribution >= 4 is 0 Å². The Morgan fingerprint density at radius 1 is 1.37 bits per heavy atom. The molecule has 0 aliphatic carbocycles. The highest BCUT2D eigenvalue weighted by atomic mass is 15.1. The highest BCUT2D eigenvalue weighted by molar-refractivity contribution is 5.04. The average Bonchev–Trinajstić information content (AvgIpc) is 2.38. The van der Waals surface area contributed by atoms with Crippen molar-refractivity contribution in [2.24, 2.45) is 5.92 Å². The number of likely N-dealkylation sites (tertiary alicyclic amines) is 1. The minimum Gasteiger partial charge on any atom is -0.303 e. The highest BCUT2D eigenvalue weighted by Crippen LogP contribution is 2.22. The van der Waals surface area contributed by atoms with E-state index in [2.05, 4.69) is 37.1 Å². The summed E-state index contributed by atoms with van der Waals surface area (Å²) in [5.41, 5.74) is -0.381. The fourth-order valence-electron chi connectivity index (χ4n) is 3.09. The lowest BCUT2D eigenvalue weighted by Crippen LogP contribution is -2.47. The van der Waals surface area contributed by atoms with Crippen molar-refractivity contribution in [2.45, 2.75) is 71.4 Å². The summed E-state index contributed by atoms with van der Waals surface area (Å²) in [7, 11) is 0. The molecular weight excluding hydrogens is 234 g/mol. The zero-order valence-electron chi connectivity index (χ0n) is 13.2. The third-order valence-corrected chi connectivity index (χ3v) is 4.19. The monoisotopic (exact) mass is 265 g/mol. The second kappa shape index (κ2) is 7.87. The van der Waals surface area contributed by atoms with E-state index in [0.717, 1.165) is 18.9 Å². The van der Waals surface area contributed by atoms with Crippen LogP contribution in [-0.2, 0) is 0 Å². The third-order valence-electron chi connectivity index (χ3n) is 4.19. The molecule has 19 heavy (non-hydrogen) atoms. The quantitative estimate of drug-likeness (QED) is 0.768. The largest absolute Gasteiger partial charge is 0.303 e. The summed E-state index contributed by atoms with van der Waals surface area (Å²) >= 11 is 0. The SMILES string of the molecule is CCCC1CCN(CCC(C)(C#N)NC(C)C)CC1. The standard InChI is InChI=1S/C16H31N3/c1-5-6-15-7-10-19(11-8-15)12-9-16(4,13-17)18-14(2)3/h14-15,18H,5-12H2,1-4H3. The van der Waals surface area contributed by atoms with Crippen molar-refractivity contribution in [2.75, 3.05) is 19.6 Å². The summed E-state index contributed by atoms with van der Waals surface area (Å²) in [5, 5.41) is 12.7. The Hall–Kier alpha value is -0.590. The number of nitrogens with zero attached hydrogens (tertiary/aromatic N) is 2. The number of rotatable bonds is 7. The molecule has 1 aliphatic rings. The molecule has 0 aromatic heterocycles. The number of nitriles is 1. The molecule has 0 saturated carbocycles. The lowest BCUT2D eigenvalue weighted by Gasteiger charge is -2.34. The molecule has 1 unspecified atom stereocenters. The molecule has 3 nitrogen and oxygen atoms in total. The molecule has 1 atom stereocenters. The number of nitrogens with one attached hydrogen (secondary N) is 1. The summed E-state index contributed by atoms with van der Waals surface area (Å²) in [6, 6.07) is 2.80. The Labute approximate surface area is 119 Å². The van der Waals surface area contributed by atoms with Crippen molar-refractivity contribution < 1.29 is 0 Å². The van der Waals surface area contributed by atoms with Crippen LogP contribution in [0, 0.1) is 17.2 Å². The van der Waals surface area contributed by atoms with E-state index in [9.17, 15) is 5.26 Å². The van der Waals surface area contributed by atoms with Crippen molar-refractivity contribution in [3.8, 4) is 6.07 Å². The van der Waals surface area contributed by atoms with E-state index >= 15 is 0 Å². The molecule has 1 saturated heterocycles. The Kier molecular flexibility index (Phi) is 6.82. The third kappa shape index (κ3) is 5.93. The van der Waals surface area contributed by atoms with Crippen LogP contribution < -0.4 is 5.32 Å². The first kappa shape index (κ1) is 16.5. The molecule has 0 bridgehead atoms. The van der Waals surface area contributed by atoms with Crippen LogP contribution in [-0.4, -0.2) is 36.1 Å². The summed E-state index contributed by atoms with van der Waals surface area (Å²) < 4.78 is 0. The van der Waals surface area contributed by atoms with E-state index in [4.69, 9.17) is 0 Å². The average molecular weight is 265 g/mol. The fourth-order valence-corrected chi connectivity index (χ4v) is 3.09. The fraction of sp³-hybridized carbons (Fsp3) is 0.938. The van der Waals surface area contributed by atoms with Gasteiger partial charge < -0.3 is 4.90 Å². The van der Waals surface area contributed by atoms with E-state index in [-0.39, 0.29) is 5.54 Å². The lowest BCUT2D eigenvalue weighted by molar-refractivity contribution is 0.165. The van der Waals surface area contributed by atoms with Gasteiger partial charge in [-0.25, -0.2) is 0 Å². The van der Waals surface area contributed by atoms with E-state index in [1.807, 2.05) is 6.92 Å². The van der Waals surface area contributed by atoms with Crippen LogP contribution in [0.5, 0.6) is 0 Å². The smallest absolute Gasteiger partial charge is 0.105 e. The maximum Gasteiger partial charge on any atom is 0.105 e. The van der Waals surface area contributed by atoms with Gasteiger partial charge in [-0.15, -0.1) is 0 Å². The van der Waals surface area contributed by atoms with Gasteiger partial charge in [0.15, 0.2) is 0 Å². The molecule has 0 aromatic rings. The molecule has 0 amide bonds. The Morgan fingerprint density at radius 2 is 2.00 bits per heavy atom. The van der Waals surface area contributed by atoms with Gasteiger partial charge in [-0.3, -0.25) is 5.32 Å². The summed E-state index contributed by atoms with van der Waals surface area (Å²) in [6.07, 6.45) is 6.30. The molecule has 1 rings (SSSR count). The first-order chi connectivity index (χ1) is 8.99. The molecule has 1 fully saturated rings. The first-order valence-electron chi connectivity index (χ1n) is 7.90. The van der Waals surface area contributed by atoms with Crippen molar-refractivity contribution in [1.82, 2.24) is 10.2 Å². The van der Waals surface area contributed by atoms with Gasteiger partial charge in [0.25, 0.3) is 0 Å². The number of piperidine rings is 1. The molecule has 1 aliphatic heterocycles. The molecule has 0 aromatic carbocycles. The molecule has 110 valence electrons. The van der Waals surface area contributed by atoms with Gasteiger partial charge in [0.05, 0.1) is 6.07 Å². The predicted octanol–water partition coefficient (Wildman–Crippen LogP) is 3.17. The molecule has 0 radical (unpaired) electrons. The van der Waals surface area contributed by atoms with Gasteiger partial charge in [0.2, 0.25) is 0 Å². The van der Waals surface area contributed by atoms with Gasteiger partial charge in [-0.2, -0.15) is 5.26 Å². The van der Waals surface area contributed by atoms with Crippen LogP contribution in [0.1, 0.15) is 59.8 Å². The second-order valence-corrected chi connectivity index (χ2v) is 6.57. The molecular formula is C16H31N3. The van der Waals surface area contributed by atoms with E-state index in [1.165, 1.54) is 38.8 Å². The highest BCUT2D eigenvalue weighted by Gasteiger charge is 2.26. The van der Waals surface area contributed by atoms with Crippen LogP contribution >= 0.6 is 0 Å². The lowest BCUT2D eigenvalue weighted by atomic mass is 9.91. The normalized spacial score (nSPS) is 21.3. The van der Waals surface area contributed by atoms with Gasteiger partial charge in [-0.05, 0) is 59.0 Å². The van der Waals surface area contributed by atoms with Crippen LogP contribution in [0.4, 0.5) is 0 Å². The first-order valence-corrected chi connectivity index (χ1v) is 7.90. The van der Waals surface area contributed by atoms with E-state index < -0.39 is 0 Å². The summed E-state index contributed by atoms with van der Waals surface area (Å²) in [4.78, 5) is 2.53. The zero-order chi connectivity index (χ0) is 14.3. The van der Waals surface area contributed by atoms with Gasteiger partial charge in [-0.1, -0.05) is 19.8 Å². The number of hydrogen-bond donors (Lipinski definition) is 1. The van der Waals surface area contributed by atoms with Crippen LogP contribution in [0.3, 0.4) is 0 Å². The molecule has 1 heterocycles. The van der Waals surface area contributed by atoms with Crippen LogP contribution in [0.15, 0.2) is 0 Å². The van der Waals surface area contributed by atoms with Gasteiger partial charge >= 0.3 is 0 Å². The topological polar surface area (TPSA) is 39.1 Å². The Morgan fingerprint density at radius 3 is 2.47 bits per heavy atom.